The lowest BCUT2D eigenvalue weighted by Gasteiger charge is -2.33. The lowest BCUT2D eigenvalue weighted by Crippen LogP contribution is -2.43. The minimum atomic E-state index is -0.327. The van der Waals surface area contributed by atoms with E-state index in [0.29, 0.717) is 31.6 Å². The Morgan fingerprint density at radius 1 is 1.04 bits per heavy atom. The molecule has 2 aliphatic rings. The van der Waals surface area contributed by atoms with Gasteiger partial charge in [0.25, 0.3) is 0 Å². The van der Waals surface area contributed by atoms with E-state index in [4.69, 9.17) is 5.73 Å². The highest BCUT2D eigenvalue weighted by Gasteiger charge is 2.34. The van der Waals surface area contributed by atoms with Gasteiger partial charge in [-0.1, -0.05) is 0 Å². The third-order valence-corrected chi connectivity index (χ3v) is 5.11. The molecule has 2 atom stereocenters. The average Bonchev–Trinajstić information content (AvgIpc) is 3.03. The summed E-state index contributed by atoms with van der Waals surface area (Å²) in [6, 6.07) is 5.90. The van der Waals surface area contributed by atoms with Gasteiger partial charge in [-0.05, 0) is 56.4 Å². The van der Waals surface area contributed by atoms with Gasteiger partial charge in [0.1, 0.15) is 5.82 Å². The Morgan fingerprint density at radius 2 is 1.71 bits per heavy atom. The molecule has 1 heterocycles. The first kappa shape index (κ1) is 16.9. The predicted molar refractivity (Wildman–Crippen MR) is 89.7 cm³/mol. The van der Waals surface area contributed by atoms with Gasteiger partial charge in [-0.3, -0.25) is 9.59 Å². The van der Waals surface area contributed by atoms with E-state index in [2.05, 4.69) is 5.32 Å². The fourth-order valence-electron chi connectivity index (χ4n) is 3.64. The Labute approximate surface area is 141 Å². The van der Waals surface area contributed by atoms with E-state index in [1.54, 1.807) is 12.1 Å². The molecule has 0 bridgehead atoms. The standard InChI is InChI=1S/C18H24FN3O2/c19-14-2-5-16(6-3-14)21-17(23)12-7-9-22(10-8-12)18(24)13-1-4-15(20)11-13/h2-3,5-6,12-13,15H,1,4,7-11,20H2,(H,21,23). The van der Waals surface area contributed by atoms with E-state index in [-0.39, 0.29) is 35.5 Å². The number of likely N-dealkylation sites (tertiary alicyclic amines) is 1. The normalized spacial score (nSPS) is 24.8. The van der Waals surface area contributed by atoms with E-state index in [9.17, 15) is 14.0 Å². The zero-order valence-electron chi connectivity index (χ0n) is 13.7. The lowest BCUT2D eigenvalue weighted by atomic mass is 9.94. The summed E-state index contributed by atoms with van der Waals surface area (Å²) in [5.41, 5.74) is 6.49. The van der Waals surface area contributed by atoms with Gasteiger partial charge in [-0.25, -0.2) is 4.39 Å². The summed E-state index contributed by atoms with van der Waals surface area (Å²) in [7, 11) is 0. The molecule has 1 saturated heterocycles. The van der Waals surface area contributed by atoms with Crippen LogP contribution in [0.25, 0.3) is 0 Å². The summed E-state index contributed by atoms with van der Waals surface area (Å²) in [6.07, 6.45) is 3.91. The van der Waals surface area contributed by atoms with Crippen molar-refractivity contribution in [3.63, 3.8) is 0 Å². The van der Waals surface area contributed by atoms with Gasteiger partial charge in [-0.15, -0.1) is 0 Å². The van der Waals surface area contributed by atoms with Crippen LogP contribution in [0.1, 0.15) is 32.1 Å². The molecule has 2 amide bonds. The number of anilines is 1. The van der Waals surface area contributed by atoms with Crippen LogP contribution in [0.5, 0.6) is 0 Å². The molecule has 1 aliphatic heterocycles. The summed E-state index contributed by atoms with van der Waals surface area (Å²) in [5, 5.41) is 2.82. The van der Waals surface area contributed by atoms with Crippen molar-refractivity contribution in [2.24, 2.45) is 17.6 Å². The van der Waals surface area contributed by atoms with E-state index in [1.165, 1.54) is 12.1 Å². The quantitative estimate of drug-likeness (QED) is 0.890. The number of hydrogen-bond acceptors (Lipinski definition) is 3. The number of nitrogens with one attached hydrogen (secondary N) is 1. The van der Waals surface area contributed by atoms with Gasteiger partial charge in [-0.2, -0.15) is 0 Å². The second-order valence-electron chi connectivity index (χ2n) is 6.87. The van der Waals surface area contributed by atoms with Crippen molar-refractivity contribution in [1.29, 1.82) is 0 Å². The van der Waals surface area contributed by atoms with Crippen molar-refractivity contribution in [2.45, 2.75) is 38.1 Å². The van der Waals surface area contributed by atoms with Gasteiger partial charge in [0.05, 0.1) is 0 Å². The predicted octanol–water partition coefficient (Wildman–Crippen LogP) is 2.13. The third-order valence-electron chi connectivity index (χ3n) is 5.11. The highest BCUT2D eigenvalue weighted by Crippen LogP contribution is 2.28. The van der Waals surface area contributed by atoms with Crippen LogP contribution in [0.4, 0.5) is 10.1 Å². The number of nitrogens with two attached hydrogens (primary N) is 1. The van der Waals surface area contributed by atoms with Crippen LogP contribution in [-0.2, 0) is 9.59 Å². The molecular weight excluding hydrogens is 309 g/mol. The third kappa shape index (κ3) is 3.93. The molecule has 2 unspecified atom stereocenters. The van der Waals surface area contributed by atoms with Crippen LogP contribution in [0.2, 0.25) is 0 Å². The second-order valence-corrected chi connectivity index (χ2v) is 6.87. The first-order valence-electron chi connectivity index (χ1n) is 8.63. The number of amides is 2. The van der Waals surface area contributed by atoms with Crippen LogP contribution < -0.4 is 11.1 Å². The molecule has 1 saturated carbocycles. The molecule has 130 valence electrons. The van der Waals surface area contributed by atoms with E-state index in [1.807, 2.05) is 4.90 Å². The fourth-order valence-corrected chi connectivity index (χ4v) is 3.64. The maximum atomic E-state index is 12.9. The molecule has 0 radical (unpaired) electrons. The summed E-state index contributed by atoms with van der Waals surface area (Å²) < 4.78 is 12.9. The number of hydrogen-bond donors (Lipinski definition) is 2. The SMILES string of the molecule is NC1CCC(C(=O)N2CCC(C(=O)Nc3ccc(F)cc3)CC2)C1. The van der Waals surface area contributed by atoms with Crippen molar-refractivity contribution < 1.29 is 14.0 Å². The van der Waals surface area contributed by atoms with Gasteiger partial charge in [0.2, 0.25) is 11.8 Å². The Balaban J connectivity index is 1.48. The molecule has 3 rings (SSSR count). The Morgan fingerprint density at radius 3 is 2.29 bits per heavy atom. The number of rotatable bonds is 3. The molecular formula is C18H24FN3O2. The van der Waals surface area contributed by atoms with Gasteiger partial charge in [0, 0.05) is 36.7 Å². The molecule has 6 heteroatoms. The molecule has 3 N–H and O–H groups in total. The van der Waals surface area contributed by atoms with Crippen molar-refractivity contribution in [3.8, 4) is 0 Å². The summed E-state index contributed by atoms with van der Waals surface area (Å²) >= 11 is 0. The van der Waals surface area contributed by atoms with Gasteiger partial charge in [0.15, 0.2) is 0 Å². The second kappa shape index (κ2) is 7.30. The molecule has 1 aliphatic carbocycles. The number of piperidine rings is 1. The van der Waals surface area contributed by atoms with Crippen molar-refractivity contribution in [1.82, 2.24) is 4.90 Å². The average molecular weight is 333 g/mol. The van der Waals surface area contributed by atoms with Crippen LogP contribution in [0, 0.1) is 17.7 Å². The van der Waals surface area contributed by atoms with E-state index < -0.39 is 0 Å². The van der Waals surface area contributed by atoms with Crippen molar-refractivity contribution in [2.75, 3.05) is 18.4 Å². The van der Waals surface area contributed by atoms with Crippen LogP contribution in [-0.4, -0.2) is 35.8 Å². The largest absolute Gasteiger partial charge is 0.342 e. The molecule has 0 aromatic heterocycles. The zero-order chi connectivity index (χ0) is 17.1. The molecule has 5 nitrogen and oxygen atoms in total. The number of nitrogens with zero attached hydrogens (tertiary/aromatic N) is 1. The van der Waals surface area contributed by atoms with Crippen LogP contribution >= 0.6 is 0 Å². The highest BCUT2D eigenvalue weighted by molar-refractivity contribution is 5.92. The Hall–Kier alpha value is -1.95. The van der Waals surface area contributed by atoms with Crippen molar-refractivity contribution >= 4 is 17.5 Å². The molecule has 0 spiro atoms. The Kier molecular flexibility index (Phi) is 5.14. The summed E-state index contributed by atoms with van der Waals surface area (Å²) in [4.78, 5) is 26.7. The lowest BCUT2D eigenvalue weighted by molar-refractivity contribution is -0.138. The monoisotopic (exact) mass is 333 g/mol. The summed E-state index contributed by atoms with van der Waals surface area (Å²) in [6.45, 7) is 1.23. The number of halogens is 1. The number of carbonyl (C=O) groups excluding carboxylic acids is 2. The fraction of sp³-hybridized carbons (Fsp3) is 0.556. The topological polar surface area (TPSA) is 75.4 Å². The molecule has 24 heavy (non-hydrogen) atoms. The maximum absolute atomic E-state index is 12.9. The molecule has 1 aromatic carbocycles. The van der Waals surface area contributed by atoms with Crippen molar-refractivity contribution in [3.05, 3.63) is 30.1 Å². The van der Waals surface area contributed by atoms with Gasteiger partial charge < -0.3 is 16.0 Å². The van der Waals surface area contributed by atoms with E-state index in [0.717, 1.165) is 19.3 Å². The molecule has 2 fully saturated rings. The Bertz CT molecular complexity index is 597. The highest BCUT2D eigenvalue weighted by atomic mass is 19.1. The number of benzene rings is 1. The molecule has 1 aromatic rings. The first-order valence-corrected chi connectivity index (χ1v) is 8.63. The summed E-state index contributed by atoms with van der Waals surface area (Å²) in [5.74, 6) is -0.238. The van der Waals surface area contributed by atoms with Gasteiger partial charge >= 0.3 is 0 Å². The van der Waals surface area contributed by atoms with Crippen LogP contribution in [0.3, 0.4) is 0 Å². The smallest absolute Gasteiger partial charge is 0.227 e. The maximum Gasteiger partial charge on any atom is 0.227 e. The zero-order valence-corrected chi connectivity index (χ0v) is 13.7. The number of carbonyl (C=O) groups is 2. The van der Waals surface area contributed by atoms with Crippen LogP contribution in [0.15, 0.2) is 24.3 Å². The minimum Gasteiger partial charge on any atom is -0.342 e. The minimum absolute atomic E-state index is 0.0587. The van der Waals surface area contributed by atoms with E-state index >= 15 is 0 Å². The first-order chi connectivity index (χ1) is 11.5.